The summed E-state index contributed by atoms with van der Waals surface area (Å²) in [5.74, 6) is -0.380. The first-order chi connectivity index (χ1) is 10.1. The van der Waals surface area contributed by atoms with Crippen molar-refractivity contribution in [1.82, 2.24) is 9.47 Å². The smallest absolute Gasteiger partial charge is 0.328 e. The molecular weight excluding hydrogens is 336 g/mol. The third-order valence-electron chi connectivity index (χ3n) is 4.21. The molecule has 1 unspecified atom stereocenters. The topological polar surface area (TPSA) is 51.5 Å². The highest BCUT2D eigenvalue weighted by Crippen LogP contribution is 2.38. The van der Waals surface area contributed by atoms with E-state index in [0.717, 1.165) is 30.2 Å². The zero-order chi connectivity index (χ0) is 15.0. The predicted octanol–water partition coefficient (Wildman–Crippen LogP) is 2.75. The first-order valence-corrected chi connectivity index (χ1v) is 8.17. The number of rotatable bonds is 3. The maximum Gasteiger partial charge on any atom is 0.328 e. The van der Waals surface area contributed by atoms with E-state index in [1.807, 2.05) is 16.8 Å². The molecule has 1 aromatic rings. The maximum absolute atomic E-state index is 12.9. The van der Waals surface area contributed by atoms with Gasteiger partial charge in [-0.1, -0.05) is 0 Å². The van der Waals surface area contributed by atoms with E-state index in [1.54, 1.807) is 4.90 Å². The molecule has 1 saturated heterocycles. The van der Waals surface area contributed by atoms with Crippen molar-refractivity contribution in [2.24, 2.45) is 0 Å². The molecule has 2 heterocycles. The second-order valence-electron chi connectivity index (χ2n) is 5.72. The van der Waals surface area contributed by atoms with Crippen LogP contribution in [-0.2, 0) is 9.53 Å². The van der Waals surface area contributed by atoms with Crippen molar-refractivity contribution in [1.29, 1.82) is 0 Å². The lowest BCUT2D eigenvalue weighted by Gasteiger charge is -2.33. The highest BCUT2D eigenvalue weighted by molar-refractivity contribution is 9.10. The number of carbonyl (C=O) groups excluding carboxylic acids is 2. The molecule has 0 bridgehead atoms. The van der Waals surface area contributed by atoms with E-state index >= 15 is 0 Å². The highest BCUT2D eigenvalue weighted by atomic mass is 79.9. The summed E-state index contributed by atoms with van der Waals surface area (Å²) in [6.45, 7) is 0.617. The van der Waals surface area contributed by atoms with Gasteiger partial charge in [0.2, 0.25) is 0 Å². The van der Waals surface area contributed by atoms with Gasteiger partial charge in [0, 0.05) is 23.3 Å². The van der Waals surface area contributed by atoms with Crippen LogP contribution in [0.25, 0.3) is 0 Å². The minimum Gasteiger partial charge on any atom is -0.467 e. The largest absolute Gasteiger partial charge is 0.467 e. The molecule has 5 nitrogen and oxygen atoms in total. The summed E-state index contributed by atoms with van der Waals surface area (Å²) in [5, 5.41) is 0. The Morgan fingerprint density at radius 1 is 1.29 bits per heavy atom. The molecule has 2 fully saturated rings. The molecule has 1 aliphatic carbocycles. The van der Waals surface area contributed by atoms with E-state index < -0.39 is 6.04 Å². The summed E-state index contributed by atoms with van der Waals surface area (Å²) >= 11 is 3.45. The van der Waals surface area contributed by atoms with Crippen molar-refractivity contribution < 1.29 is 14.3 Å². The van der Waals surface area contributed by atoms with E-state index in [9.17, 15) is 9.59 Å². The number of halogens is 1. The lowest BCUT2D eigenvalue weighted by molar-refractivity contribution is -0.147. The number of methoxy groups -OCH3 is 1. The van der Waals surface area contributed by atoms with Crippen molar-refractivity contribution in [3.05, 3.63) is 22.4 Å². The molecule has 6 heteroatoms. The zero-order valence-electron chi connectivity index (χ0n) is 12.0. The van der Waals surface area contributed by atoms with E-state index in [2.05, 4.69) is 15.9 Å². The van der Waals surface area contributed by atoms with Gasteiger partial charge in [0.1, 0.15) is 11.7 Å². The Kier molecular flexibility index (Phi) is 4.06. The van der Waals surface area contributed by atoms with Gasteiger partial charge in [-0.2, -0.15) is 0 Å². The fourth-order valence-electron chi connectivity index (χ4n) is 2.97. The monoisotopic (exact) mass is 354 g/mol. The molecule has 1 aromatic heterocycles. The van der Waals surface area contributed by atoms with Crippen LogP contribution in [0.1, 0.15) is 48.6 Å². The molecule has 21 heavy (non-hydrogen) atoms. The number of esters is 1. The molecule has 1 amide bonds. The van der Waals surface area contributed by atoms with Crippen LogP contribution in [0.5, 0.6) is 0 Å². The summed E-state index contributed by atoms with van der Waals surface area (Å²) in [4.78, 5) is 26.5. The lowest BCUT2D eigenvalue weighted by atomic mass is 10.0. The first-order valence-electron chi connectivity index (χ1n) is 7.38. The molecule has 0 radical (unpaired) electrons. The number of nitrogens with zero attached hydrogens (tertiary/aromatic N) is 2. The number of hydrogen-bond acceptors (Lipinski definition) is 3. The van der Waals surface area contributed by atoms with Gasteiger partial charge < -0.3 is 14.2 Å². The van der Waals surface area contributed by atoms with Crippen LogP contribution in [0, 0.1) is 0 Å². The summed E-state index contributed by atoms with van der Waals surface area (Å²) in [6, 6.07) is 1.83. The normalized spacial score (nSPS) is 22.2. The second-order valence-corrected chi connectivity index (χ2v) is 6.63. The number of piperidine rings is 1. The molecule has 0 N–H and O–H groups in total. The third-order valence-corrected chi connectivity index (χ3v) is 4.65. The Morgan fingerprint density at radius 2 is 2.05 bits per heavy atom. The average Bonchev–Trinajstić information content (AvgIpc) is 3.28. The summed E-state index contributed by atoms with van der Waals surface area (Å²) in [5.41, 5.74) is 0.667. The van der Waals surface area contributed by atoms with Crippen LogP contribution in [0.15, 0.2) is 16.7 Å². The summed E-state index contributed by atoms with van der Waals surface area (Å²) in [7, 11) is 1.38. The van der Waals surface area contributed by atoms with Gasteiger partial charge in [0.15, 0.2) is 0 Å². The number of amides is 1. The highest BCUT2D eigenvalue weighted by Gasteiger charge is 2.36. The molecule has 3 rings (SSSR count). The Morgan fingerprint density at radius 3 is 2.71 bits per heavy atom. The number of aromatic nitrogens is 1. The third kappa shape index (κ3) is 2.86. The van der Waals surface area contributed by atoms with Crippen molar-refractivity contribution in [3.8, 4) is 0 Å². The number of likely N-dealkylation sites (tertiary alicyclic amines) is 1. The molecule has 1 atom stereocenters. The molecule has 1 saturated carbocycles. The van der Waals surface area contributed by atoms with Gasteiger partial charge in [0.25, 0.3) is 5.91 Å². The molecule has 1 aliphatic heterocycles. The number of hydrogen-bond donors (Lipinski definition) is 0. The van der Waals surface area contributed by atoms with E-state index in [1.165, 1.54) is 7.11 Å². The molecular formula is C15H19BrN2O3. The van der Waals surface area contributed by atoms with Crippen molar-refractivity contribution in [3.63, 3.8) is 0 Å². The zero-order valence-corrected chi connectivity index (χ0v) is 13.6. The van der Waals surface area contributed by atoms with Crippen LogP contribution in [0.3, 0.4) is 0 Å². The fourth-order valence-corrected chi connectivity index (χ4v) is 3.41. The van der Waals surface area contributed by atoms with Crippen LogP contribution in [-0.4, -0.2) is 41.0 Å². The minimum atomic E-state index is -0.447. The minimum absolute atomic E-state index is 0.0669. The lowest BCUT2D eigenvalue weighted by Crippen LogP contribution is -2.48. The molecule has 114 valence electrons. The van der Waals surface area contributed by atoms with Crippen LogP contribution in [0.4, 0.5) is 0 Å². The van der Waals surface area contributed by atoms with Gasteiger partial charge in [-0.15, -0.1) is 0 Å². The van der Waals surface area contributed by atoms with Crippen LogP contribution in [0.2, 0.25) is 0 Å². The van der Waals surface area contributed by atoms with E-state index in [-0.39, 0.29) is 11.9 Å². The quantitative estimate of drug-likeness (QED) is 0.784. The molecule has 2 aliphatic rings. The Bertz CT molecular complexity index is 565. The standard InChI is InChI=1S/C15H19BrN2O3/c1-21-15(20)12-4-2-3-7-17(12)14(19)13-8-10(16)9-18(13)11-5-6-11/h8-9,11-12H,2-7H2,1H3. The van der Waals surface area contributed by atoms with Crippen molar-refractivity contribution in [2.75, 3.05) is 13.7 Å². The van der Waals surface area contributed by atoms with Gasteiger partial charge >= 0.3 is 5.97 Å². The van der Waals surface area contributed by atoms with E-state index in [0.29, 0.717) is 24.7 Å². The Hall–Kier alpha value is -1.30. The molecule has 0 spiro atoms. The molecule has 0 aromatic carbocycles. The fraction of sp³-hybridized carbons (Fsp3) is 0.600. The first kappa shape index (κ1) is 14.6. The average molecular weight is 355 g/mol. The SMILES string of the molecule is COC(=O)C1CCCCN1C(=O)c1cc(Br)cn1C1CC1. The van der Waals surface area contributed by atoms with Gasteiger partial charge in [-0.05, 0) is 54.1 Å². The second kappa shape index (κ2) is 5.83. The summed E-state index contributed by atoms with van der Waals surface area (Å²) in [6.07, 6.45) is 6.76. The Balaban J connectivity index is 1.87. The van der Waals surface area contributed by atoms with Crippen molar-refractivity contribution in [2.45, 2.75) is 44.2 Å². The van der Waals surface area contributed by atoms with Gasteiger partial charge in [-0.3, -0.25) is 4.79 Å². The van der Waals surface area contributed by atoms with E-state index in [4.69, 9.17) is 4.74 Å². The van der Waals surface area contributed by atoms with Gasteiger partial charge in [0.05, 0.1) is 7.11 Å². The predicted molar refractivity (Wildman–Crippen MR) is 81.1 cm³/mol. The Labute approximate surface area is 132 Å². The summed E-state index contributed by atoms with van der Waals surface area (Å²) < 4.78 is 7.80. The number of carbonyl (C=O) groups is 2. The van der Waals surface area contributed by atoms with Crippen LogP contribution >= 0.6 is 15.9 Å². The maximum atomic E-state index is 12.9. The van der Waals surface area contributed by atoms with Gasteiger partial charge in [-0.25, -0.2) is 4.79 Å². The van der Waals surface area contributed by atoms with Crippen molar-refractivity contribution >= 4 is 27.8 Å². The van der Waals surface area contributed by atoms with Crippen LogP contribution < -0.4 is 0 Å². The number of ether oxygens (including phenoxy) is 1.